The topological polar surface area (TPSA) is 125 Å². The molecule has 4 rings (SSSR count). The largest absolute Gasteiger partial charge is 0.493 e. The van der Waals surface area contributed by atoms with E-state index in [1.54, 1.807) is 6.92 Å². The summed E-state index contributed by atoms with van der Waals surface area (Å²) in [6.07, 6.45) is 2.93. The Morgan fingerprint density at radius 2 is 2.20 bits per heavy atom. The lowest BCUT2D eigenvalue weighted by molar-refractivity contribution is 0.356. The lowest BCUT2D eigenvalue weighted by Gasteiger charge is -2.11. The number of hydrogen-bond acceptors (Lipinski definition) is 8. The average Bonchev–Trinajstić information content (AvgIpc) is 3.30. The highest BCUT2D eigenvalue weighted by atomic mass is 127. The van der Waals surface area contributed by atoms with Gasteiger partial charge in [-0.1, -0.05) is 11.8 Å². The Balaban J connectivity index is 1.62. The maximum atomic E-state index is 11.7. The van der Waals surface area contributed by atoms with E-state index in [-0.39, 0.29) is 5.75 Å². The number of nitrogens with two attached hydrogens (primary N) is 1. The van der Waals surface area contributed by atoms with Gasteiger partial charge in [-0.3, -0.25) is 0 Å². The lowest BCUT2D eigenvalue weighted by Crippen LogP contribution is -2.27. The second-order valence-corrected chi connectivity index (χ2v) is 11.0. The Kier molecular flexibility index (Phi) is 6.36. The fourth-order valence-electron chi connectivity index (χ4n) is 3.13. The molecule has 0 spiro atoms. The summed E-state index contributed by atoms with van der Waals surface area (Å²) in [6, 6.07) is 4.19. The van der Waals surface area contributed by atoms with E-state index in [2.05, 4.69) is 48.3 Å². The predicted molar refractivity (Wildman–Crippen MR) is 124 cm³/mol. The molecule has 0 aliphatic carbocycles. The van der Waals surface area contributed by atoms with Crippen LogP contribution in [0.1, 0.15) is 18.9 Å². The maximum Gasteiger partial charge on any atom is 0.211 e. The van der Waals surface area contributed by atoms with E-state index >= 15 is 0 Å². The van der Waals surface area contributed by atoms with E-state index in [9.17, 15) is 8.42 Å². The molecule has 0 atom stereocenters. The molecular weight excluding hydrogens is 539 g/mol. The Morgan fingerprint density at radius 3 is 3.00 bits per heavy atom. The lowest BCUT2D eigenvalue weighted by atomic mass is 10.2. The van der Waals surface area contributed by atoms with Gasteiger partial charge in [0.05, 0.1) is 12.4 Å². The van der Waals surface area contributed by atoms with Gasteiger partial charge in [0.25, 0.3) is 0 Å². The summed E-state index contributed by atoms with van der Waals surface area (Å²) in [5, 5.41) is 0.728. The van der Waals surface area contributed by atoms with Crippen LogP contribution in [0.3, 0.4) is 0 Å². The molecule has 2 aromatic heterocycles. The van der Waals surface area contributed by atoms with Crippen LogP contribution in [0.2, 0.25) is 0 Å². The van der Waals surface area contributed by atoms with Crippen molar-refractivity contribution in [3.63, 3.8) is 0 Å². The summed E-state index contributed by atoms with van der Waals surface area (Å²) >= 11 is 3.83. The van der Waals surface area contributed by atoms with Crippen molar-refractivity contribution in [3.05, 3.63) is 27.6 Å². The van der Waals surface area contributed by atoms with Crippen molar-refractivity contribution in [1.82, 2.24) is 24.2 Å². The second kappa shape index (κ2) is 8.85. The summed E-state index contributed by atoms with van der Waals surface area (Å²) in [5.74, 6) is 1.29. The third-order valence-electron chi connectivity index (χ3n) is 4.73. The van der Waals surface area contributed by atoms with Crippen LogP contribution in [0.15, 0.2) is 28.5 Å². The van der Waals surface area contributed by atoms with E-state index in [0.29, 0.717) is 43.1 Å². The van der Waals surface area contributed by atoms with Gasteiger partial charge in [-0.15, -0.1) is 0 Å². The molecule has 9 nitrogen and oxygen atoms in total. The number of fused-ring (bicyclic) bond motifs is 2. The van der Waals surface area contributed by atoms with Gasteiger partial charge >= 0.3 is 0 Å². The molecule has 0 radical (unpaired) electrons. The van der Waals surface area contributed by atoms with E-state index in [1.165, 1.54) is 23.7 Å². The number of halogens is 1. The minimum Gasteiger partial charge on any atom is -0.493 e. The minimum absolute atomic E-state index is 0.0602. The number of benzene rings is 1. The van der Waals surface area contributed by atoms with Crippen molar-refractivity contribution < 1.29 is 13.2 Å². The molecule has 3 aromatic rings. The number of nitrogens with zero attached hydrogens (tertiary/aromatic N) is 4. The fourth-order valence-corrected chi connectivity index (χ4v) is 5.60. The zero-order valence-corrected chi connectivity index (χ0v) is 20.1. The molecule has 3 heterocycles. The number of anilines is 1. The van der Waals surface area contributed by atoms with E-state index < -0.39 is 10.0 Å². The highest BCUT2D eigenvalue weighted by Crippen LogP contribution is 2.38. The van der Waals surface area contributed by atoms with Crippen LogP contribution >= 0.6 is 34.4 Å². The van der Waals surface area contributed by atoms with Gasteiger partial charge in [-0.25, -0.2) is 28.1 Å². The first-order valence-electron chi connectivity index (χ1n) is 9.45. The van der Waals surface area contributed by atoms with Crippen molar-refractivity contribution in [2.75, 3.05) is 24.6 Å². The van der Waals surface area contributed by atoms with Crippen molar-refractivity contribution in [1.29, 1.82) is 0 Å². The quantitative estimate of drug-likeness (QED) is 0.318. The Labute approximate surface area is 192 Å². The predicted octanol–water partition coefficient (Wildman–Crippen LogP) is 2.43. The number of aromatic nitrogens is 4. The van der Waals surface area contributed by atoms with Crippen LogP contribution in [0.4, 0.5) is 5.82 Å². The maximum absolute atomic E-state index is 11.7. The normalized spacial score (nSPS) is 13.5. The number of sulfonamides is 1. The Bertz CT molecular complexity index is 1200. The smallest absolute Gasteiger partial charge is 0.211 e. The van der Waals surface area contributed by atoms with Crippen LogP contribution in [-0.4, -0.2) is 46.8 Å². The van der Waals surface area contributed by atoms with Gasteiger partial charge in [0.2, 0.25) is 10.0 Å². The van der Waals surface area contributed by atoms with Crippen molar-refractivity contribution in [2.24, 2.45) is 0 Å². The number of hydrogen-bond donors (Lipinski definition) is 2. The molecular formula is C18H21IN6O3S2. The average molecular weight is 560 g/mol. The third kappa shape index (κ3) is 4.50. The molecule has 0 saturated carbocycles. The number of ether oxygens (including phenoxy) is 1. The van der Waals surface area contributed by atoms with Crippen molar-refractivity contribution in [3.8, 4) is 5.75 Å². The Hall–Kier alpha value is -1.64. The first kappa shape index (κ1) is 21.6. The van der Waals surface area contributed by atoms with Gasteiger partial charge in [-0.2, -0.15) is 0 Å². The van der Waals surface area contributed by atoms with Crippen LogP contribution in [0.25, 0.3) is 11.2 Å². The van der Waals surface area contributed by atoms with Crippen LogP contribution in [-0.2, 0) is 23.0 Å². The van der Waals surface area contributed by atoms with E-state index in [0.717, 1.165) is 25.8 Å². The molecule has 30 heavy (non-hydrogen) atoms. The van der Waals surface area contributed by atoms with Gasteiger partial charge in [-0.05, 0) is 53.6 Å². The molecule has 3 N–H and O–H groups in total. The molecule has 0 unspecified atom stereocenters. The molecule has 160 valence electrons. The number of aryl methyl sites for hydroxylation is 1. The highest BCUT2D eigenvalue weighted by molar-refractivity contribution is 14.1. The summed E-state index contributed by atoms with van der Waals surface area (Å²) in [7, 11) is -3.22. The van der Waals surface area contributed by atoms with Crippen molar-refractivity contribution in [2.45, 2.75) is 36.4 Å². The first-order valence-corrected chi connectivity index (χ1v) is 13.0. The molecule has 1 aromatic carbocycles. The zero-order chi connectivity index (χ0) is 21.3. The van der Waals surface area contributed by atoms with Gasteiger partial charge in [0.15, 0.2) is 22.1 Å². The monoisotopic (exact) mass is 560 g/mol. The second-order valence-electron chi connectivity index (χ2n) is 6.72. The third-order valence-corrected chi connectivity index (χ3v) is 8.45. The number of imidazole rings is 1. The van der Waals surface area contributed by atoms with Gasteiger partial charge in [0, 0.05) is 28.0 Å². The molecule has 0 amide bonds. The van der Waals surface area contributed by atoms with Gasteiger partial charge < -0.3 is 15.0 Å². The highest BCUT2D eigenvalue weighted by Gasteiger charge is 2.20. The molecule has 1 aliphatic heterocycles. The zero-order valence-electron chi connectivity index (χ0n) is 16.3. The summed E-state index contributed by atoms with van der Waals surface area (Å²) in [6.45, 7) is 3.20. The number of nitrogen functional groups attached to an aromatic ring is 1. The Morgan fingerprint density at radius 1 is 1.37 bits per heavy atom. The van der Waals surface area contributed by atoms with Gasteiger partial charge in [0.1, 0.15) is 12.1 Å². The molecule has 12 heteroatoms. The number of nitrogens with one attached hydrogen (secondary N) is 1. The van der Waals surface area contributed by atoms with E-state index in [1.807, 2.05) is 10.6 Å². The van der Waals surface area contributed by atoms with E-state index in [4.69, 9.17) is 10.5 Å². The molecule has 0 saturated heterocycles. The van der Waals surface area contributed by atoms with Crippen LogP contribution < -0.4 is 15.2 Å². The van der Waals surface area contributed by atoms with Crippen LogP contribution in [0.5, 0.6) is 5.75 Å². The van der Waals surface area contributed by atoms with Crippen molar-refractivity contribution >= 4 is 61.4 Å². The molecule has 0 fully saturated rings. The van der Waals surface area contributed by atoms with Crippen LogP contribution in [0, 0.1) is 3.57 Å². The number of rotatable bonds is 8. The summed E-state index contributed by atoms with van der Waals surface area (Å²) < 4.78 is 34.7. The molecule has 1 aliphatic rings. The SMILES string of the molecule is CCS(=O)(=O)NCCCn1c(Sc2cc3c(cc2I)CCO3)nc2c(N)ncnc21. The standard InChI is InChI=1S/C18H21IN6O3S2/c1-2-30(26,27)23-5-3-6-25-17-15(16(20)21-10-22-17)24-18(25)29-14-9-13-11(4-7-28-13)8-12(14)19/h8-10,23H,2-7H2,1H3,(H2,20,21,22). The first-order chi connectivity index (χ1) is 14.4. The summed E-state index contributed by atoms with van der Waals surface area (Å²) in [4.78, 5) is 14.1. The fraction of sp³-hybridized carbons (Fsp3) is 0.389. The minimum atomic E-state index is -3.22. The molecule has 0 bridgehead atoms. The summed E-state index contributed by atoms with van der Waals surface area (Å²) in [5.41, 5.74) is 8.41.